The van der Waals surface area contributed by atoms with Gasteiger partial charge in [-0.1, -0.05) is 18.2 Å². The fraction of sp³-hybridized carbons (Fsp3) is 0.360. The number of H-pyrrole nitrogens is 1. The molecule has 9 heteroatoms. The molecule has 2 heterocycles. The van der Waals surface area contributed by atoms with Gasteiger partial charge >= 0.3 is 0 Å². The van der Waals surface area contributed by atoms with Crippen molar-refractivity contribution in [3.63, 3.8) is 0 Å². The third kappa shape index (κ3) is 5.49. The summed E-state index contributed by atoms with van der Waals surface area (Å²) in [6.45, 7) is 6.71. The number of pyridine rings is 1. The molecule has 2 aromatic heterocycles. The number of fused-ring (bicyclic) bond motifs is 1. The van der Waals surface area contributed by atoms with E-state index in [1.807, 2.05) is 43.3 Å². The molecule has 0 atom stereocenters. The van der Waals surface area contributed by atoms with Crippen molar-refractivity contribution in [2.45, 2.75) is 40.0 Å². The van der Waals surface area contributed by atoms with Crippen LogP contribution in [0, 0.1) is 13.8 Å². The highest BCUT2D eigenvalue weighted by Gasteiger charge is 2.16. The van der Waals surface area contributed by atoms with Crippen LogP contribution in [0.1, 0.15) is 28.1 Å². The topological polar surface area (TPSA) is 98.2 Å². The van der Waals surface area contributed by atoms with Gasteiger partial charge in [0.05, 0.1) is 26.8 Å². The minimum absolute atomic E-state index is 0.0868. The first-order valence-electron chi connectivity index (χ1n) is 11.2. The molecule has 0 aliphatic heterocycles. The molecule has 2 aromatic carbocycles. The van der Waals surface area contributed by atoms with Crippen LogP contribution in [0.4, 0.5) is 0 Å². The second kappa shape index (κ2) is 10.6. The van der Waals surface area contributed by atoms with E-state index in [2.05, 4.69) is 38.4 Å². The largest absolute Gasteiger partial charge is 0.497 e. The molecule has 178 valence electrons. The van der Waals surface area contributed by atoms with Crippen LogP contribution in [0.5, 0.6) is 5.75 Å². The molecule has 0 amide bonds. The molecule has 0 saturated carbocycles. The molecule has 4 rings (SSSR count). The molecule has 1 N–H and O–H groups in total. The fourth-order valence-corrected chi connectivity index (χ4v) is 4.12. The predicted octanol–water partition coefficient (Wildman–Crippen LogP) is 2.99. The lowest BCUT2D eigenvalue weighted by molar-refractivity contribution is 0.177. The molecule has 0 fully saturated rings. The van der Waals surface area contributed by atoms with E-state index < -0.39 is 0 Å². The molecule has 0 aliphatic carbocycles. The van der Waals surface area contributed by atoms with E-state index in [0.29, 0.717) is 38.3 Å². The average Bonchev–Trinajstić information content (AvgIpc) is 3.25. The second-order valence-electron chi connectivity index (χ2n) is 8.47. The number of nitrogens with zero attached hydrogens (tertiary/aromatic N) is 5. The number of tetrazole rings is 1. The average molecular weight is 463 g/mol. The molecule has 0 saturated heterocycles. The second-order valence-corrected chi connectivity index (χ2v) is 8.47. The van der Waals surface area contributed by atoms with Crippen molar-refractivity contribution in [2.75, 3.05) is 20.8 Å². The number of aromatic amines is 1. The van der Waals surface area contributed by atoms with Gasteiger partial charge in [0.2, 0.25) is 0 Å². The summed E-state index contributed by atoms with van der Waals surface area (Å²) in [6.07, 6.45) is 0. The smallest absolute Gasteiger partial charge is 0.252 e. The Bertz CT molecular complexity index is 1310. The molecule has 9 nitrogen and oxygen atoms in total. The number of methoxy groups -OCH3 is 2. The number of rotatable bonds is 10. The van der Waals surface area contributed by atoms with Crippen molar-refractivity contribution in [3.05, 3.63) is 80.9 Å². The van der Waals surface area contributed by atoms with E-state index in [0.717, 1.165) is 39.2 Å². The lowest BCUT2D eigenvalue weighted by Crippen LogP contribution is -2.28. The molecular formula is C25H30N6O3. The summed E-state index contributed by atoms with van der Waals surface area (Å²) in [5, 5.41) is 13.2. The predicted molar refractivity (Wildman–Crippen MR) is 130 cm³/mol. The Labute approximate surface area is 198 Å². The van der Waals surface area contributed by atoms with E-state index in [1.54, 1.807) is 18.9 Å². The zero-order valence-electron chi connectivity index (χ0n) is 20.0. The fourth-order valence-electron chi connectivity index (χ4n) is 4.12. The maximum atomic E-state index is 13.0. The first kappa shape index (κ1) is 23.6. The lowest BCUT2D eigenvalue weighted by Gasteiger charge is -2.22. The Balaban J connectivity index is 1.65. The van der Waals surface area contributed by atoms with Crippen molar-refractivity contribution in [2.24, 2.45) is 0 Å². The zero-order chi connectivity index (χ0) is 24.1. The van der Waals surface area contributed by atoms with Crippen molar-refractivity contribution >= 4 is 10.9 Å². The molecule has 34 heavy (non-hydrogen) atoms. The Kier molecular flexibility index (Phi) is 7.34. The summed E-state index contributed by atoms with van der Waals surface area (Å²) in [4.78, 5) is 18.2. The Morgan fingerprint density at radius 1 is 1.03 bits per heavy atom. The van der Waals surface area contributed by atoms with Gasteiger partial charge in [0.25, 0.3) is 5.56 Å². The van der Waals surface area contributed by atoms with E-state index in [1.165, 1.54) is 0 Å². The van der Waals surface area contributed by atoms with Gasteiger partial charge in [0.1, 0.15) is 5.75 Å². The van der Waals surface area contributed by atoms with Gasteiger partial charge < -0.3 is 14.5 Å². The molecule has 4 aromatic rings. The summed E-state index contributed by atoms with van der Waals surface area (Å²) >= 11 is 0. The highest BCUT2D eigenvalue weighted by atomic mass is 16.5. The standard InChI is InChI=1S/C25H30N6O3/c1-17-11-18(2)22-13-20(25(32)26-23(22)12-17)15-30(14-19-5-7-21(34-4)8-6-19)16-24-27-28-29-31(24)9-10-33-3/h5-8,11-13H,9-10,14-16H2,1-4H3,(H,26,32). The van der Waals surface area contributed by atoms with Crippen LogP contribution >= 0.6 is 0 Å². The van der Waals surface area contributed by atoms with E-state index >= 15 is 0 Å². The molecule has 0 unspecified atom stereocenters. The summed E-state index contributed by atoms with van der Waals surface area (Å²) in [7, 11) is 3.30. The van der Waals surface area contributed by atoms with Gasteiger partial charge in [-0.25, -0.2) is 4.68 Å². The number of ether oxygens (including phenoxy) is 2. The number of benzene rings is 2. The normalized spacial score (nSPS) is 11.4. The monoisotopic (exact) mass is 462 g/mol. The number of aryl methyl sites for hydroxylation is 2. The highest BCUT2D eigenvalue weighted by molar-refractivity contribution is 5.83. The minimum Gasteiger partial charge on any atom is -0.497 e. The van der Waals surface area contributed by atoms with E-state index in [4.69, 9.17) is 9.47 Å². The molecule has 0 spiro atoms. The maximum absolute atomic E-state index is 13.0. The van der Waals surface area contributed by atoms with Gasteiger partial charge in [-0.05, 0) is 65.2 Å². The molecular weight excluding hydrogens is 432 g/mol. The Morgan fingerprint density at radius 3 is 2.56 bits per heavy atom. The van der Waals surface area contributed by atoms with Crippen LogP contribution in [0.3, 0.4) is 0 Å². The third-order valence-corrected chi connectivity index (χ3v) is 5.83. The third-order valence-electron chi connectivity index (χ3n) is 5.83. The van der Waals surface area contributed by atoms with Crippen LogP contribution in [-0.2, 0) is 30.9 Å². The van der Waals surface area contributed by atoms with Crippen LogP contribution in [-0.4, -0.2) is 50.9 Å². The van der Waals surface area contributed by atoms with E-state index in [9.17, 15) is 4.79 Å². The van der Waals surface area contributed by atoms with Crippen molar-refractivity contribution < 1.29 is 9.47 Å². The first-order chi connectivity index (χ1) is 16.5. The number of aromatic nitrogens is 5. The highest BCUT2D eigenvalue weighted by Crippen LogP contribution is 2.20. The SMILES string of the molecule is COCCn1nnnc1CN(Cc1ccc(OC)cc1)Cc1cc2c(C)cc(C)cc2[nH]c1=O. The molecule has 0 aliphatic rings. The summed E-state index contributed by atoms with van der Waals surface area (Å²) in [6, 6.07) is 14.1. The van der Waals surface area contributed by atoms with Crippen LogP contribution in [0.15, 0.2) is 47.3 Å². The lowest BCUT2D eigenvalue weighted by atomic mass is 10.0. The minimum atomic E-state index is -0.0868. The number of nitrogens with one attached hydrogen (secondary N) is 1. The number of hydrogen-bond acceptors (Lipinski definition) is 7. The van der Waals surface area contributed by atoms with Gasteiger partial charge in [-0.15, -0.1) is 5.10 Å². The van der Waals surface area contributed by atoms with Crippen LogP contribution in [0.2, 0.25) is 0 Å². The Hall–Kier alpha value is -3.56. The van der Waals surface area contributed by atoms with Gasteiger partial charge in [-0.3, -0.25) is 9.69 Å². The van der Waals surface area contributed by atoms with Gasteiger partial charge in [-0.2, -0.15) is 0 Å². The first-order valence-corrected chi connectivity index (χ1v) is 11.2. The number of hydrogen-bond donors (Lipinski definition) is 1. The van der Waals surface area contributed by atoms with Crippen molar-refractivity contribution in [1.82, 2.24) is 30.1 Å². The Morgan fingerprint density at radius 2 is 1.82 bits per heavy atom. The molecule has 0 bridgehead atoms. The summed E-state index contributed by atoms with van der Waals surface area (Å²) < 4.78 is 12.2. The van der Waals surface area contributed by atoms with E-state index in [-0.39, 0.29) is 5.56 Å². The quantitative estimate of drug-likeness (QED) is 0.387. The summed E-state index contributed by atoms with van der Waals surface area (Å²) in [5.41, 5.74) is 4.83. The van der Waals surface area contributed by atoms with Gasteiger partial charge in [0, 0.05) is 36.7 Å². The van der Waals surface area contributed by atoms with Crippen molar-refractivity contribution in [1.29, 1.82) is 0 Å². The maximum Gasteiger partial charge on any atom is 0.252 e. The van der Waals surface area contributed by atoms with Gasteiger partial charge in [0.15, 0.2) is 5.82 Å². The summed E-state index contributed by atoms with van der Waals surface area (Å²) in [5.74, 6) is 1.52. The zero-order valence-corrected chi connectivity index (χ0v) is 20.0. The van der Waals surface area contributed by atoms with Crippen molar-refractivity contribution in [3.8, 4) is 5.75 Å². The van der Waals surface area contributed by atoms with Crippen LogP contribution < -0.4 is 10.3 Å². The molecule has 0 radical (unpaired) electrons. The van der Waals surface area contributed by atoms with Crippen LogP contribution in [0.25, 0.3) is 10.9 Å².